The molecule has 8 heteroatoms. The summed E-state index contributed by atoms with van der Waals surface area (Å²) in [4.78, 5) is 23.2. The fraction of sp³-hybridized carbons (Fsp3) is 0.364. The van der Waals surface area contributed by atoms with Gasteiger partial charge in [0.15, 0.2) is 0 Å². The molecule has 2 aromatic rings. The SMILES string of the molecule is Cc1cc(N(CCC#N)C(=O)CN2CCN(c3ncccc3C#N)CC2)ccc1Cl. The Bertz CT molecular complexity index is 988. The Balaban J connectivity index is 1.65. The number of nitrogens with zero attached hydrogens (tertiary/aromatic N) is 6. The summed E-state index contributed by atoms with van der Waals surface area (Å²) in [7, 11) is 0. The second-order valence-corrected chi connectivity index (χ2v) is 7.54. The van der Waals surface area contributed by atoms with Crippen molar-refractivity contribution in [2.24, 2.45) is 0 Å². The van der Waals surface area contributed by atoms with Crippen LogP contribution >= 0.6 is 11.6 Å². The maximum atomic E-state index is 13.0. The van der Waals surface area contributed by atoms with Gasteiger partial charge in [0.05, 0.1) is 24.6 Å². The number of hydrogen-bond acceptors (Lipinski definition) is 6. The Kier molecular flexibility index (Phi) is 7.24. The summed E-state index contributed by atoms with van der Waals surface area (Å²) >= 11 is 6.12. The van der Waals surface area contributed by atoms with Crippen molar-refractivity contribution in [2.45, 2.75) is 13.3 Å². The lowest BCUT2D eigenvalue weighted by atomic mass is 10.2. The Morgan fingerprint density at radius 2 is 2.00 bits per heavy atom. The van der Waals surface area contributed by atoms with Crippen LogP contribution in [0.3, 0.4) is 0 Å². The van der Waals surface area contributed by atoms with Gasteiger partial charge in [0.2, 0.25) is 5.91 Å². The average molecular weight is 423 g/mol. The number of halogens is 1. The van der Waals surface area contributed by atoms with Gasteiger partial charge in [0.1, 0.15) is 11.9 Å². The summed E-state index contributed by atoms with van der Waals surface area (Å²) in [5.41, 5.74) is 2.20. The van der Waals surface area contributed by atoms with Crippen LogP contribution in [-0.2, 0) is 4.79 Å². The molecule has 2 heterocycles. The molecule has 1 saturated heterocycles. The molecule has 1 aliphatic rings. The Labute approximate surface area is 181 Å². The number of amides is 1. The van der Waals surface area contributed by atoms with Gasteiger partial charge in [0, 0.05) is 49.6 Å². The minimum Gasteiger partial charge on any atom is -0.353 e. The molecule has 3 rings (SSSR count). The van der Waals surface area contributed by atoms with Crippen molar-refractivity contribution < 1.29 is 4.79 Å². The quantitative estimate of drug-likeness (QED) is 0.711. The molecule has 154 valence electrons. The lowest BCUT2D eigenvalue weighted by molar-refractivity contribution is -0.119. The maximum absolute atomic E-state index is 13.0. The number of piperazine rings is 1. The molecule has 0 radical (unpaired) electrons. The van der Waals surface area contributed by atoms with E-state index in [2.05, 4.69) is 26.9 Å². The standard InChI is InChI=1S/C22H23ClN6O/c1-17-14-19(5-6-20(17)23)29(9-3-7-24)21(30)16-27-10-12-28(13-11-27)22-18(15-25)4-2-8-26-22/h2,4-6,8,14H,3,9-13,16H2,1H3. The molecule has 0 saturated carbocycles. The van der Waals surface area contributed by atoms with Gasteiger partial charge in [-0.05, 0) is 42.8 Å². The first-order valence-electron chi connectivity index (χ1n) is 9.79. The predicted octanol–water partition coefficient (Wildman–Crippen LogP) is 2.98. The molecule has 1 fully saturated rings. The highest BCUT2D eigenvalue weighted by Crippen LogP contribution is 2.23. The molecule has 0 atom stereocenters. The van der Waals surface area contributed by atoms with Crippen LogP contribution in [0.15, 0.2) is 36.5 Å². The minimum absolute atomic E-state index is 0.0454. The number of hydrogen-bond donors (Lipinski definition) is 0. The fourth-order valence-electron chi connectivity index (χ4n) is 3.49. The number of benzene rings is 1. The van der Waals surface area contributed by atoms with E-state index in [9.17, 15) is 10.1 Å². The number of aryl methyl sites for hydroxylation is 1. The van der Waals surface area contributed by atoms with Crippen LogP contribution in [0.1, 0.15) is 17.5 Å². The second-order valence-electron chi connectivity index (χ2n) is 7.14. The van der Waals surface area contributed by atoms with E-state index in [-0.39, 0.29) is 18.9 Å². The highest BCUT2D eigenvalue weighted by Gasteiger charge is 2.24. The largest absolute Gasteiger partial charge is 0.353 e. The average Bonchev–Trinajstić information content (AvgIpc) is 2.77. The van der Waals surface area contributed by atoms with Crippen molar-refractivity contribution in [2.75, 3.05) is 49.1 Å². The topological polar surface area (TPSA) is 87.3 Å². The number of anilines is 2. The van der Waals surface area contributed by atoms with Crippen LogP contribution in [-0.4, -0.2) is 55.1 Å². The molecular weight excluding hydrogens is 400 g/mol. The normalized spacial score (nSPS) is 14.1. The number of nitriles is 2. The Morgan fingerprint density at radius 1 is 1.23 bits per heavy atom. The zero-order valence-electron chi connectivity index (χ0n) is 16.9. The molecule has 0 aliphatic carbocycles. The summed E-state index contributed by atoms with van der Waals surface area (Å²) in [5, 5.41) is 18.9. The van der Waals surface area contributed by atoms with Gasteiger partial charge in [-0.2, -0.15) is 10.5 Å². The van der Waals surface area contributed by atoms with Crippen LogP contribution in [0, 0.1) is 29.6 Å². The van der Waals surface area contributed by atoms with Crippen LogP contribution in [0.5, 0.6) is 0 Å². The van der Waals surface area contributed by atoms with E-state index in [1.807, 2.05) is 19.1 Å². The zero-order chi connectivity index (χ0) is 21.5. The summed E-state index contributed by atoms with van der Waals surface area (Å²) in [5.74, 6) is 0.647. The predicted molar refractivity (Wildman–Crippen MR) is 116 cm³/mol. The summed E-state index contributed by atoms with van der Waals surface area (Å²) < 4.78 is 0. The molecule has 0 unspecified atom stereocenters. The van der Waals surface area contributed by atoms with E-state index in [0.717, 1.165) is 11.3 Å². The van der Waals surface area contributed by atoms with Crippen molar-refractivity contribution >= 4 is 29.0 Å². The van der Waals surface area contributed by atoms with E-state index in [1.165, 1.54) is 0 Å². The van der Waals surface area contributed by atoms with Crippen LogP contribution in [0.4, 0.5) is 11.5 Å². The van der Waals surface area contributed by atoms with E-state index < -0.39 is 0 Å². The number of pyridine rings is 1. The molecule has 1 aromatic carbocycles. The van der Waals surface area contributed by atoms with Crippen molar-refractivity contribution in [1.29, 1.82) is 10.5 Å². The number of rotatable bonds is 6. The van der Waals surface area contributed by atoms with Crippen LogP contribution in [0.2, 0.25) is 5.02 Å². The maximum Gasteiger partial charge on any atom is 0.241 e. The molecule has 0 bridgehead atoms. The van der Waals surface area contributed by atoms with Gasteiger partial charge in [-0.1, -0.05) is 11.6 Å². The highest BCUT2D eigenvalue weighted by molar-refractivity contribution is 6.31. The Hall–Kier alpha value is -3.13. The number of carbonyl (C=O) groups is 1. The molecule has 0 spiro atoms. The lowest BCUT2D eigenvalue weighted by Crippen LogP contribution is -2.50. The fourth-order valence-corrected chi connectivity index (χ4v) is 3.60. The monoisotopic (exact) mass is 422 g/mol. The lowest BCUT2D eigenvalue weighted by Gasteiger charge is -2.36. The molecule has 1 aliphatic heterocycles. The first-order chi connectivity index (χ1) is 14.5. The van der Waals surface area contributed by atoms with E-state index in [1.54, 1.807) is 29.3 Å². The molecule has 0 N–H and O–H groups in total. The summed E-state index contributed by atoms with van der Waals surface area (Å²) in [6, 6.07) is 13.3. The second kappa shape index (κ2) is 10.1. The molecular formula is C22H23ClN6O. The smallest absolute Gasteiger partial charge is 0.241 e. The molecule has 7 nitrogen and oxygen atoms in total. The van der Waals surface area contributed by atoms with Crippen LogP contribution < -0.4 is 9.80 Å². The van der Waals surface area contributed by atoms with Crippen molar-refractivity contribution in [3.05, 3.63) is 52.7 Å². The third-order valence-corrected chi connectivity index (χ3v) is 5.56. The van der Waals surface area contributed by atoms with Gasteiger partial charge in [-0.25, -0.2) is 4.98 Å². The zero-order valence-corrected chi connectivity index (χ0v) is 17.6. The van der Waals surface area contributed by atoms with Gasteiger partial charge < -0.3 is 9.80 Å². The van der Waals surface area contributed by atoms with Crippen molar-refractivity contribution in [3.8, 4) is 12.1 Å². The first kappa shape index (κ1) is 21.6. The summed E-state index contributed by atoms with van der Waals surface area (Å²) in [6.45, 7) is 5.28. The molecule has 30 heavy (non-hydrogen) atoms. The molecule has 1 aromatic heterocycles. The van der Waals surface area contributed by atoms with E-state index in [0.29, 0.717) is 49.1 Å². The van der Waals surface area contributed by atoms with E-state index in [4.69, 9.17) is 16.9 Å². The van der Waals surface area contributed by atoms with Gasteiger partial charge in [-0.15, -0.1) is 0 Å². The molecule has 1 amide bonds. The third kappa shape index (κ3) is 5.07. The first-order valence-corrected chi connectivity index (χ1v) is 10.2. The third-order valence-electron chi connectivity index (χ3n) is 5.14. The highest BCUT2D eigenvalue weighted by atomic mass is 35.5. The van der Waals surface area contributed by atoms with Crippen LogP contribution in [0.25, 0.3) is 0 Å². The number of aromatic nitrogens is 1. The van der Waals surface area contributed by atoms with Crippen molar-refractivity contribution in [3.63, 3.8) is 0 Å². The van der Waals surface area contributed by atoms with E-state index >= 15 is 0 Å². The number of carbonyl (C=O) groups excluding carboxylic acids is 1. The minimum atomic E-state index is -0.0454. The Morgan fingerprint density at radius 3 is 2.67 bits per heavy atom. The summed E-state index contributed by atoms with van der Waals surface area (Å²) in [6.07, 6.45) is 1.95. The van der Waals surface area contributed by atoms with Gasteiger partial charge in [0.25, 0.3) is 0 Å². The van der Waals surface area contributed by atoms with Gasteiger partial charge in [-0.3, -0.25) is 9.69 Å². The van der Waals surface area contributed by atoms with Crippen molar-refractivity contribution in [1.82, 2.24) is 9.88 Å². The van der Waals surface area contributed by atoms with Gasteiger partial charge >= 0.3 is 0 Å².